The van der Waals surface area contributed by atoms with Crippen LogP contribution in [-0.4, -0.2) is 30.3 Å². The minimum Gasteiger partial charge on any atom is -0.409 e. The van der Waals surface area contributed by atoms with E-state index in [-0.39, 0.29) is 6.54 Å². The van der Waals surface area contributed by atoms with E-state index in [1.807, 2.05) is 13.8 Å². The van der Waals surface area contributed by atoms with Crippen molar-refractivity contribution in [1.29, 1.82) is 0 Å². The van der Waals surface area contributed by atoms with Crippen molar-refractivity contribution in [1.82, 2.24) is 5.32 Å². The number of nitrogens with zero attached hydrogens (tertiary/aromatic N) is 1. The average molecular weight is 255 g/mol. The van der Waals surface area contributed by atoms with Crippen LogP contribution in [0.15, 0.2) is 5.16 Å². The Labute approximate surface area is 99.1 Å². The van der Waals surface area contributed by atoms with Gasteiger partial charge in [-0.3, -0.25) is 0 Å². The quantitative estimate of drug-likeness (QED) is 0.282. The molecule has 0 aliphatic rings. The zero-order valence-electron chi connectivity index (χ0n) is 10.1. The van der Waals surface area contributed by atoms with Crippen LogP contribution in [0, 0.1) is 11.8 Å². The second-order valence-corrected chi connectivity index (χ2v) is 3.96. The molecule has 0 saturated carbocycles. The van der Waals surface area contributed by atoms with Crippen molar-refractivity contribution in [3.05, 3.63) is 0 Å². The fourth-order valence-corrected chi connectivity index (χ4v) is 1.47. The topological polar surface area (TPSA) is 70.6 Å². The molecular weight excluding hydrogens is 235 g/mol. The number of alkyl halides is 3. The van der Waals surface area contributed by atoms with Gasteiger partial charge in [0.05, 0.1) is 0 Å². The summed E-state index contributed by atoms with van der Waals surface area (Å²) in [6.45, 7) is 4.11. The zero-order valence-corrected chi connectivity index (χ0v) is 10.1. The van der Waals surface area contributed by atoms with Crippen LogP contribution in [0.3, 0.4) is 0 Å². The van der Waals surface area contributed by atoms with Gasteiger partial charge in [-0.25, -0.2) is 0 Å². The summed E-state index contributed by atoms with van der Waals surface area (Å²) < 4.78 is 37.6. The minimum absolute atomic E-state index is 0.344. The van der Waals surface area contributed by atoms with Crippen LogP contribution in [0.2, 0.25) is 0 Å². The van der Waals surface area contributed by atoms with Gasteiger partial charge < -0.3 is 16.3 Å². The first-order chi connectivity index (χ1) is 7.86. The molecule has 0 saturated heterocycles. The van der Waals surface area contributed by atoms with Crippen molar-refractivity contribution in [2.45, 2.75) is 32.9 Å². The standard InChI is InChI=1S/C10H20F3N3O/c1-3-7(4-2)5-15-6-8(9(14)16-17)10(11,12)13/h7-8,15,17H,3-6H2,1-2H3,(H2,14,16). The number of amidine groups is 1. The lowest BCUT2D eigenvalue weighted by atomic mass is 10.0. The van der Waals surface area contributed by atoms with Crippen molar-refractivity contribution >= 4 is 5.84 Å². The van der Waals surface area contributed by atoms with E-state index in [0.29, 0.717) is 12.5 Å². The highest BCUT2D eigenvalue weighted by atomic mass is 19.4. The monoisotopic (exact) mass is 255 g/mol. The van der Waals surface area contributed by atoms with Gasteiger partial charge in [0, 0.05) is 6.54 Å². The Bertz CT molecular complexity index is 239. The number of rotatable bonds is 7. The Kier molecular flexibility index (Phi) is 6.94. The highest BCUT2D eigenvalue weighted by Gasteiger charge is 2.42. The van der Waals surface area contributed by atoms with Gasteiger partial charge in [0.1, 0.15) is 5.92 Å². The number of halogens is 3. The summed E-state index contributed by atoms with van der Waals surface area (Å²) >= 11 is 0. The van der Waals surface area contributed by atoms with Crippen molar-refractivity contribution in [2.24, 2.45) is 22.7 Å². The first kappa shape index (κ1) is 16.0. The molecule has 1 unspecified atom stereocenters. The zero-order chi connectivity index (χ0) is 13.5. The predicted molar refractivity (Wildman–Crippen MR) is 59.9 cm³/mol. The maximum absolute atomic E-state index is 12.5. The number of hydrogen-bond acceptors (Lipinski definition) is 3. The third kappa shape index (κ3) is 5.76. The lowest BCUT2D eigenvalue weighted by Gasteiger charge is -2.21. The van der Waals surface area contributed by atoms with Crippen molar-refractivity contribution in [3.8, 4) is 0 Å². The Hall–Kier alpha value is -0.980. The molecular formula is C10H20F3N3O. The number of oxime groups is 1. The highest BCUT2D eigenvalue weighted by molar-refractivity contribution is 5.83. The van der Waals surface area contributed by atoms with E-state index < -0.39 is 17.9 Å². The predicted octanol–water partition coefficient (Wildman–Crippen LogP) is 1.94. The molecule has 0 aromatic heterocycles. The summed E-state index contributed by atoms with van der Waals surface area (Å²) in [6, 6.07) is 0. The van der Waals surface area contributed by atoms with E-state index >= 15 is 0 Å². The van der Waals surface area contributed by atoms with E-state index in [4.69, 9.17) is 10.9 Å². The van der Waals surface area contributed by atoms with Crippen molar-refractivity contribution < 1.29 is 18.4 Å². The second kappa shape index (κ2) is 7.37. The first-order valence-electron chi connectivity index (χ1n) is 5.61. The van der Waals surface area contributed by atoms with Gasteiger partial charge in [0.2, 0.25) is 0 Å². The Morgan fingerprint density at radius 1 is 1.29 bits per heavy atom. The van der Waals surface area contributed by atoms with Gasteiger partial charge in [0.25, 0.3) is 0 Å². The molecule has 0 amide bonds. The lowest BCUT2D eigenvalue weighted by Crippen LogP contribution is -2.43. The first-order valence-corrected chi connectivity index (χ1v) is 5.61. The SMILES string of the molecule is CCC(CC)CNCC(C(N)=NO)C(F)(F)F. The van der Waals surface area contributed by atoms with Crippen LogP contribution in [0.5, 0.6) is 0 Å². The second-order valence-electron chi connectivity index (χ2n) is 3.96. The van der Waals surface area contributed by atoms with Gasteiger partial charge in [-0.15, -0.1) is 0 Å². The fraction of sp³-hybridized carbons (Fsp3) is 0.900. The number of hydrogen-bond donors (Lipinski definition) is 3. The fourth-order valence-electron chi connectivity index (χ4n) is 1.47. The normalized spacial score (nSPS) is 15.3. The number of nitrogens with one attached hydrogen (secondary N) is 1. The summed E-state index contributed by atoms with van der Waals surface area (Å²) in [5, 5.41) is 13.4. The molecule has 0 spiro atoms. The molecule has 1 atom stereocenters. The highest BCUT2D eigenvalue weighted by Crippen LogP contribution is 2.25. The van der Waals surface area contributed by atoms with E-state index in [9.17, 15) is 13.2 Å². The molecule has 0 heterocycles. The molecule has 0 aromatic rings. The largest absolute Gasteiger partial charge is 0.409 e. The molecule has 0 aromatic carbocycles. The molecule has 17 heavy (non-hydrogen) atoms. The molecule has 0 aliphatic heterocycles. The van der Waals surface area contributed by atoms with Crippen LogP contribution in [0.4, 0.5) is 13.2 Å². The maximum Gasteiger partial charge on any atom is 0.400 e. The van der Waals surface area contributed by atoms with E-state index in [0.717, 1.165) is 12.8 Å². The third-order valence-corrected chi connectivity index (χ3v) is 2.80. The molecule has 0 radical (unpaired) electrons. The minimum atomic E-state index is -4.50. The van der Waals surface area contributed by atoms with Crippen LogP contribution < -0.4 is 11.1 Å². The van der Waals surface area contributed by atoms with Crippen LogP contribution >= 0.6 is 0 Å². The Balaban J connectivity index is 4.29. The Morgan fingerprint density at radius 2 is 1.82 bits per heavy atom. The smallest absolute Gasteiger partial charge is 0.400 e. The molecule has 4 nitrogen and oxygen atoms in total. The molecule has 0 fully saturated rings. The molecule has 0 rings (SSSR count). The van der Waals surface area contributed by atoms with Gasteiger partial charge in [-0.1, -0.05) is 31.8 Å². The van der Waals surface area contributed by atoms with E-state index in [1.54, 1.807) is 0 Å². The summed E-state index contributed by atoms with van der Waals surface area (Å²) in [6.07, 6.45) is -2.69. The van der Waals surface area contributed by atoms with Crippen LogP contribution in [-0.2, 0) is 0 Å². The molecule has 102 valence electrons. The summed E-state index contributed by atoms with van der Waals surface area (Å²) in [4.78, 5) is 0. The Morgan fingerprint density at radius 3 is 2.18 bits per heavy atom. The average Bonchev–Trinajstić information content (AvgIpc) is 2.27. The van der Waals surface area contributed by atoms with Crippen LogP contribution in [0.1, 0.15) is 26.7 Å². The summed E-state index contributed by atoms with van der Waals surface area (Å²) in [5.41, 5.74) is 5.03. The van der Waals surface area contributed by atoms with Gasteiger partial charge in [-0.05, 0) is 12.5 Å². The van der Waals surface area contributed by atoms with Crippen molar-refractivity contribution in [2.75, 3.05) is 13.1 Å². The van der Waals surface area contributed by atoms with E-state index in [2.05, 4.69) is 10.5 Å². The van der Waals surface area contributed by atoms with E-state index in [1.165, 1.54) is 0 Å². The molecule has 4 N–H and O–H groups in total. The molecule has 0 bridgehead atoms. The third-order valence-electron chi connectivity index (χ3n) is 2.80. The molecule has 7 heteroatoms. The van der Waals surface area contributed by atoms with Gasteiger partial charge >= 0.3 is 6.18 Å². The van der Waals surface area contributed by atoms with Crippen molar-refractivity contribution in [3.63, 3.8) is 0 Å². The number of nitrogens with two attached hydrogens (primary N) is 1. The summed E-state index contributed by atoms with van der Waals surface area (Å²) in [5.74, 6) is -2.41. The summed E-state index contributed by atoms with van der Waals surface area (Å²) in [7, 11) is 0. The van der Waals surface area contributed by atoms with Crippen LogP contribution in [0.25, 0.3) is 0 Å². The van der Waals surface area contributed by atoms with Gasteiger partial charge in [-0.2, -0.15) is 13.2 Å². The maximum atomic E-state index is 12.5. The lowest BCUT2D eigenvalue weighted by molar-refractivity contribution is -0.154. The van der Waals surface area contributed by atoms with Gasteiger partial charge in [0.15, 0.2) is 5.84 Å². The molecule has 0 aliphatic carbocycles.